The van der Waals surface area contributed by atoms with Crippen LogP contribution < -0.4 is 15.1 Å². The number of carbonyl (C=O) groups is 2. The summed E-state index contributed by atoms with van der Waals surface area (Å²) in [6.45, 7) is 1.01. The van der Waals surface area contributed by atoms with Crippen LogP contribution in [0.3, 0.4) is 0 Å². The van der Waals surface area contributed by atoms with E-state index in [0.717, 1.165) is 24.1 Å². The van der Waals surface area contributed by atoms with Gasteiger partial charge in [-0.2, -0.15) is 0 Å². The van der Waals surface area contributed by atoms with Crippen molar-refractivity contribution in [2.75, 3.05) is 22.9 Å². The lowest BCUT2D eigenvalue weighted by Gasteiger charge is -2.30. The third kappa shape index (κ3) is 3.14. The molecular weight excluding hydrogens is 333 g/mol. The minimum Gasteiger partial charge on any atom is -0.333 e. The normalized spacial score (nSPS) is 19.4. The van der Waals surface area contributed by atoms with Crippen LogP contribution >= 0.6 is 0 Å². The molecule has 6 heteroatoms. The first-order valence-corrected chi connectivity index (χ1v) is 8.84. The molecule has 1 fully saturated rings. The number of hydrogen-bond acceptors (Lipinski definition) is 2. The molecular formula is C20H20FN3O2. The zero-order valence-corrected chi connectivity index (χ0v) is 14.3. The largest absolute Gasteiger partial charge is 0.333 e. The Morgan fingerprint density at radius 1 is 1.15 bits per heavy atom. The SMILES string of the molecule is O=C1C[C@H](NC(=O)N2CCCc3ccccc32)CN1c1cccc(F)c1. The van der Waals surface area contributed by atoms with Crippen molar-refractivity contribution in [3.8, 4) is 0 Å². The van der Waals surface area contributed by atoms with Crippen LogP contribution in [0.15, 0.2) is 48.5 Å². The highest BCUT2D eigenvalue weighted by Crippen LogP contribution is 2.27. The van der Waals surface area contributed by atoms with Crippen LogP contribution in [0.25, 0.3) is 0 Å². The quantitative estimate of drug-likeness (QED) is 0.902. The van der Waals surface area contributed by atoms with E-state index in [9.17, 15) is 14.0 Å². The van der Waals surface area contributed by atoms with Crippen LogP contribution in [0.5, 0.6) is 0 Å². The van der Waals surface area contributed by atoms with Gasteiger partial charge in [0.05, 0.1) is 6.04 Å². The van der Waals surface area contributed by atoms with E-state index in [-0.39, 0.29) is 30.2 Å². The van der Waals surface area contributed by atoms with Gasteiger partial charge in [-0.3, -0.25) is 9.69 Å². The van der Waals surface area contributed by atoms with Gasteiger partial charge in [-0.25, -0.2) is 9.18 Å². The van der Waals surface area contributed by atoms with Gasteiger partial charge < -0.3 is 10.2 Å². The summed E-state index contributed by atoms with van der Waals surface area (Å²) in [6.07, 6.45) is 2.11. The van der Waals surface area contributed by atoms with Gasteiger partial charge in [0.1, 0.15) is 5.82 Å². The van der Waals surface area contributed by atoms with E-state index >= 15 is 0 Å². The maximum atomic E-state index is 13.4. The Morgan fingerprint density at radius 3 is 2.85 bits per heavy atom. The van der Waals surface area contributed by atoms with Crippen LogP contribution in [-0.2, 0) is 11.2 Å². The van der Waals surface area contributed by atoms with E-state index in [0.29, 0.717) is 18.8 Å². The Hall–Kier alpha value is -2.89. The summed E-state index contributed by atoms with van der Waals surface area (Å²) in [5.41, 5.74) is 2.62. The molecule has 0 aromatic heterocycles. The number of amides is 3. The molecule has 2 aromatic rings. The molecule has 1 atom stereocenters. The zero-order valence-electron chi connectivity index (χ0n) is 14.3. The number of fused-ring (bicyclic) bond motifs is 1. The molecule has 2 aliphatic heterocycles. The first-order chi connectivity index (χ1) is 12.6. The molecule has 0 saturated carbocycles. The number of halogens is 1. The second-order valence-corrected chi connectivity index (χ2v) is 6.72. The number of hydrogen-bond donors (Lipinski definition) is 1. The number of anilines is 2. The number of rotatable bonds is 2. The second-order valence-electron chi connectivity index (χ2n) is 6.72. The minimum absolute atomic E-state index is 0.111. The molecule has 3 amide bonds. The molecule has 0 bridgehead atoms. The van der Waals surface area contributed by atoms with Gasteiger partial charge in [0.2, 0.25) is 5.91 Å². The molecule has 0 radical (unpaired) electrons. The lowest BCUT2D eigenvalue weighted by Crippen LogP contribution is -2.47. The standard InChI is InChI=1S/C20H20FN3O2/c21-15-7-3-8-17(11-15)24-13-16(12-19(24)25)22-20(26)23-10-4-6-14-5-1-2-9-18(14)23/h1-3,5,7-9,11,16H,4,6,10,12-13H2,(H,22,26)/t16-/m0/s1. The topological polar surface area (TPSA) is 52.7 Å². The maximum absolute atomic E-state index is 13.4. The van der Waals surface area contributed by atoms with Gasteiger partial charge >= 0.3 is 6.03 Å². The summed E-state index contributed by atoms with van der Waals surface area (Å²) in [4.78, 5) is 28.3. The third-order valence-electron chi connectivity index (χ3n) is 4.93. The summed E-state index contributed by atoms with van der Waals surface area (Å²) in [7, 11) is 0. The predicted molar refractivity (Wildman–Crippen MR) is 97.8 cm³/mol. The van der Waals surface area contributed by atoms with Crippen molar-refractivity contribution in [2.45, 2.75) is 25.3 Å². The fourth-order valence-corrected chi connectivity index (χ4v) is 3.69. The first-order valence-electron chi connectivity index (χ1n) is 8.84. The van der Waals surface area contributed by atoms with Crippen LogP contribution in [0, 0.1) is 5.82 Å². The summed E-state index contributed by atoms with van der Waals surface area (Å²) in [5.74, 6) is -0.493. The lowest BCUT2D eigenvalue weighted by atomic mass is 10.0. The molecule has 1 N–H and O–H groups in total. The smallest absolute Gasteiger partial charge is 0.322 e. The average molecular weight is 353 g/mol. The minimum atomic E-state index is -0.382. The van der Waals surface area contributed by atoms with Crippen LogP contribution in [0.1, 0.15) is 18.4 Å². The molecule has 2 aromatic carbocycles. The predicted octanol–water partition coefficient (Wildman–Crippen LogP) is 3.09. The van der Waals surface area contributed by atoms with Crippen molar-refractivity contribution in [3.05, 3.63) is 59.9 Å². The molecule has 0 aliphatic carbocycles. The Labute approximate surface area is 151 Å². The van der Waals surface area contributed by atoms with Crippen molar-refractivity contribution in [1.29, 1.82) is 0 Å². The van der Waals surface area contributed by atoms with E-state index in [1.807, 2.05) is 24.3 Å². The van der Waals surface area contributed by atoms with E-state index < -0.39 is 0 Å². The Balaban J connectivity index is 1.46. The number of benzene rings is 2. The van der Waals surface area contributed by atoms with Gasteiger partial charge in [0.15, 0.2) is 0 Å². The van der Waals surface area contributed by atoms with Crippen molar-refractivity contribution < 1.29 is 14.0 Å². The monoisotopic (exact) mass is 353 g/mol. The first kappa shape index (κ1) is 16.6. The van der Waals surface area contributed by atoms with Crippen LogP contribution in [-0.4, -0.2) is 31.1 Å². The van der Waals surface area contributed by atoms with E-state index in [2.05, 4.69) is 5.32 Å². The van der Waals surface area contributed by atoms with E-state index in [1.54, 1.807) is 17.0 Å². The number of urea groups is 1. The molecule has 5 nitrogen and oxygen atoms in total. The maximum Gasteiger partial charge on any atom is 0.322 e. The fraction of sp³-hybridized carbons (Fsp3) is 0.300. The van der Waals surface area contributed by atoms with Crippen LogP contribution in [0.2, 0.25) is 0 Å². The molecule has 2 aliphatic rings. The fourth-order valence-electron chi connectivity index (χ4n) is 3.69. The Morgan fingerprint density at radius 2 is 2.00 bits per heavy atom. The molecule has 26 heavy (non-hydrogen) atoms. The van der Waals surface area contributed by atoms with Gasteiger partial charge in [0.25, 0.3) is 0 Å². The lowest BCUT2D eigenvalue weighted by molar-refractivity contribution is -0.117. The highest BCUT2D eigenvalue weighted by molar-refractivity contribution is 5.98. The number of para-hydroxylation sites is 1. The summed E-state index contributed by atoms with van der Waals surface area (Å²) >= 11 is 0. The van der Waals surface area contributed by atoms with Crippen molar-refractivity contribution in [1.82, 2.24) is 5.32 Å². The van der Waals surface area contributed by atoms with Crippen molar-refractivity contribution >= 4 is 23.3 Å². The number of nitrogens with zero attached hydrogens (tertiary/aromatic N) is 2. The Bertz CT molecular complexity index is 854. The highest BCUT2D eigenvalue weighted by Gasteiger charge is 2.33. The van der Waals surface area contributed by atoms with Gasteiger partial charge in [-0.05, 0) is 42.7 Å². The van der Waals surface area contributed by atoms with E-state index in [1.165, 1.54) is 17.0 Å². The average Bonchev–Trinajstić information content (AvgIpc) is 3.01. The molecule has 0 spiro atoms. The zero-order chi connectivity index (χ0) is 18.1. The molecule has 1 saturated heterocycles. The van der Waals surface area contributed by atoms with Crippen LogP contribution in [0.4, 0.5) is 20.6 Å². The van der Waals surface area contributed by atoms with Crippen molar-refractivity contribution in [3.63, 3.8) is 0 Å². The summed E-state index contributed by atoms with van der Waals surface area (Å²) in [5, 5.41) is 2.96. The number of nitrogens with one attached hydrogen (secondary N) is 1. The second kappa shape index (κ2) is 6.78. The molecule has 2 heterocycles. The number of carbonyl (C=O) groups excluding carboxylic acids is 2. The third-order valence-corrected chi connectivity index (χ3v) is 4.93. The van der Waals surface area contributed by atoms with Gasteiger partial charge in [-0.15, -0.1) is 0 Å². The highest BCUT2D eigenvalue weighted by atomic mass is 19.1. The molecule has 4 rings (SSSR count). The van der Waals surface area contributed by atoms with Crippen molar-refractivity contribution in [2.24, 2.45) is 0 Å². The number of aryl methyl sites for hydroxylation is 1. The summed E-state index contributed by atoms with van der Waals surface area (Å²) < 4.78 is 13.4. The van der Waals surface area contributed by atoms with Gasteiger partial charge in [-0.1, -0.05) is 24.3 Å². The molecule has 0 unspecified atom stereocenters. The molecule has 134 valence electrons. The van der Waals surface area contributed by atoms with Gasteiger partial charge in [0, 0.05) is 30.9 Å². The Kier molecular flexibility index (Phi) is 4.32. The van der Waals surface area contributed by atoms with E-state index in [4.69, 9.17) is 0 Å². The summed E-state index contributed by atoms with van der Waals surface area (Å²) in [6, 6.07) is 13.4.